The third kappa shape index (κ3) is 3.11. The molecule has 0 radical (unpaired) electrons. The fourth-order valence-electron chi connectivity index (χ4n) is 3.17. The van der Waals surface area contributed by atoms with Gasteiger partial charge in [-0.05, 0) is 34.4 Å². The lowest BCUT2D eigenvalue weighted by molar-refractivity contribution is 0.0950. The third-order valence-corrected chi connectivity index (χ3v) is 6.23. The smallest absolute Gasteiger partial charge is 0.164 e. The molecule has 1 aromatic carbocycles. The molecule has 0 amide bonds. The minimum Gasteiger partial charge on any atom is -0.294 e. The molecule has 1 aliphatic rings. The predicted molar refractivity (Wildman–Crippen MR) is 97.7 cm³/mol. The van der Waals surface area contributed by atoms with Crippen LogP contribution in [0.15, 0.2) is 28.6 Å². The number of carbonyl (C=O) groups is 1. The van der Waals surface area contributed by atoms with Gasteiger partial charge >= 0.3 is 0 Å². The van der Waals surface area contributed by atoms with Gasteiger partial charge in [0.25, 0.3) is 0 Å². The number of fused-ring (bicyclic) bond motifs is 1. The van der Waals surface area contributed by atoms with Gasteiger partial charge in [0.05, 0.1) is 5.75 Å². The number of Topliss-reactive ketones (excluding diaryl/α,β-unsaturated/α-hetero) is 1. The minimum absolute atomic E-state index is 0.228. The molecule has 0 saturated heterocycles. The second-order valence-electron chi connectivity index (χ2n) is 6.25. The lowest BCUT2D eigenvalue weighted by atomic mass is 9.82. The second kappa shape index (κ2) is 6.68. The molecule has 1 unspecified atom stereocenters. The zero-order valence-corrected chi connectivity index (χ0v) is 15.6. The molecule has 1 atom stereocenters. The van der Waals surface area contributed by atoms with E-state index in [1.165, 1.54) is 0 Å². The highest BCUT2D eigenvalue weighted by molar-refractivity contribution is 7.98. The summed E-state index contributed by atoms with van der Waals surface area (Å²) in [5.74, 6) is 2.02. The summed E-state index contributed by atoms with van der Waals surface area (Å²) in [7, 11) is 1.82. The first-order chi connectivity index (χ1) is 12.1. The Morgan fingerprint density at radius 1 is 1.36 bits per heavy atom. The largest absolute Gasteiger partial charge is 0.294 e. The molecule has 0 bridgehead atoms. The lowest BCUT2D eigenvalue weighted by Crippen LogP contribution is -2.20. The van der Waals surface area contributed by atoms with Gasteiger partial charge in [-0.2, -0.15) is 0 Å². The van der Waals surface area contributed by atoms with E-state index >= 15 is 0 Å². The SMILES string of the molecule is CC1CC(=O)c2c(SCc3nnnn3C)ccc(-c3nccs3)c2C1. The number of tetrazole rings is 1. The number of ketones is 1. The van der Waals surface area contributed by atoms with Crippen LogP contribution in [0.25, 0.3) is 10.6 Å². The monoisotopic (exact) mass is 371 g/mol. The first-order valence-corrected chi connectivity index (χ1v) is 9.93. The van der Waals surface area contributed by atoms with Crippen LogP contribution in [0.1, 0.15) is 35.1 Å². The van der Waals surface area contributed by atoms with Gasteiger partial charge in [-0.3, -0.25) is 4.79 Å². The van der Waals surface area contributed by atoms with Crippen molar-refractivity contribution in [2.45, 2.75) is 30.4 Å². The number of benzene rings is 1. The van der Waals surface area contributed by atoms with Gasteiger partial charge in [0.2, 0.25) is 0 Å². The number of hydrogen-bond acceptors (Lipinski definition) is 7. The fraction of sp³-hybridized carbons (Fsp3) is 0.353. The minimum atomic E-state index is 0.228. The topological polar surface area (TPSA) is 73.6 Å². The first kappa shape index (κ1) is 16.4. The van der Waals surface area contributed by atoms with Crippen molar-refractivity contribution in [3.63, 3.8) is 0 Å². The summed E-state index contributed by atoms with van der Waals surface area (Å²) in [5.41, 5.74) is 3.10. The quantitative estimate of drug-likeness (QED) is 0.655. The number of rotatable bonds is 4. The Bertz CT molecular complexity index is 919. The molecule has 0 spiro atoms. The van der Waals surface area contributed by atoms with E-state index in [1.54, 1.807) is 27.8 Å². The van der Waals surface area contributed by atoms with Crippen molar-refractivity contribution < 1.29 is 4.79 Å². The Kier molecular flexibility index (Phi) is 4.39. The van der Waals surface area contributed by atoms with Crippen LogP contribution in [0.2, 0.25) is 0 Å². The molecule has 0 saturated carbocycles. The van der Waals surface area contributed by atoms with Crippen molar-refractivity contribution >= 4 is 28.9 Å². The number of aryl methyl sites for hydroxylation is 1. The molecule has 4 rings (SSSR count). The molecule has 6 nitrogen and oxygen atoms in total. The summed E-state index contributed by atoms with van der Waals surface area (Å²) in [6, 6.07) is 4.14. The van der Waals surface area contributed by atoms with Gasteiger partial charge in [-0.15, -0.1) is 28.2 Å². The van der Waals surface area contributed by atoms with E-state index < -0.39 is 0 Å². The Balaban J connectivity index is 1.74. The van der Waals surface area contributed by atoms with Gasteiger partial charge in [-0.25, -0.2) is 9.67 Å². The highest BCUT2D eigenvalue weighted by Crippen LogP contribution is 2.40. The van der Waals surface area contributed by atoms with E-state index in [2.05, 4.69) is 33.5 Å². The maximum atomic E-state index is 12.8. The van der Waals surface area contributed by atoms with Gasteiger partial charge in [0, 0.05) is 41.1 Å². The van der Waals surface area contributed by atoms with Crippen LogP contribution in [-0.4, -0.2) is 31.0 Å². The zero-order valence-electron chi connectivity index (χ0n) is 14.0. The molecular weight excluding hydrogens is 354 g/mol. The van der Waals surface area contributed by atoms with E-state index in [0.717, 1.165) is 38.8 Å². The highest BCUT2D eigenvalue weighted by atomic mass is 32.2. The van der Waals surface area contributed by atoms with Crippen molar-refractivity contribution in [1.29, 1.82) is 0 Å². The molecule has 3 aromatic rings. The molecule has 2 aromatic heterocycles. The molecule has 25 heavy (non-hydrogen) atoms. The molecule has 0 N–H and O–H groups in total. The van der Waals surface area contributed by atoms with Crippen molar-refractivity contribution in [3.8, 4) is 10.6 Å². The molecular formula is C17H17N5OS2. The normalized spacial score (nSPS) is 16.9. The van der Waals surface area contributed by atoms with Crippen molar-refractivity contribution in [2.75, 3.05) is 0 Å². The Labute approximate surface area is 153 Å². The maximum Gasteiger partial charge on any atom is 0.164 e. The average Bonchev–Trinajstić information content (AvgIpc) is 3.24. The Morgan fingerprint density at radius 3 is 2.96 bits per heavy atom. The molecule has 128 valence electrons. The Hall–Kier alpha value is -2.06. The van der Waals surface area contributed by atoms with Gasteiger partial charge < -0.3 is 0 Å². The molecule has 8 heteroatoms. The molecule has 0 aliphatic heterocycles. The Morgan fingerprint density at radius 2 is 2.24 bits per heavy atom. The molecule has 2 heterocycles. The number of aromatic nitrogens is 5. The maximum absolute atomic E-state index is 12.8. The van der Waals surface area contributed by atoms with Crippen LogP contribution < -0.4 is 0 Å². The van der Waals surface area contributed by atoms with Crippen LogP contribution in [0.5, 0.6) is 0 Å². The van der Waals surface area contributed by atoms with E-state index in [0.29, 0.717) is 18.1 Å². The molecule has 1 aliphatic carbocycles. The summed E-state index contributed by atoms with van der Waals surface area (Å²) in [5, 5.41) is 14.5. The second-order valence-corrected chi connectivity index (χ2v) is 8.16. The lowest BCUT2D eigenvalue weighted by Gasteiger charge is -2.24. The van der Waals surface area contributed by atoms with Crippen LogP contribution in [0, 0.1) is 5.92 Å². The van der Waals surface area contributed by atoms with E-state index in [1.807, 2.05) is 24.7 Å². The zero-order chi connectivity index (χ0) is 17.4. The standard InChI is InChI=1S/C17H17N5OS2/c1-10-7-12-11(17-18-5-6-24-17)3-4-14(16(12)13(23)8-10)25-9-15-19-20-21-22(15)2/h3-6,10H,7-9H2,1-2H3. The molecule has 0 fully saturated rings. The highest BCUT2D eigenvalue weighted by Gasteiger charge is 2.28. The number of carbonyl (C=O) groups excluding carboxylic acids is 1. The van der Waals surface area contributed by atoms with E-state index in [9.17, 15) is 4.79 Å². The predicted octanol–water partition coefficient (Wildman–Crippen LogP) is 3.39. The van der Waals surface area contributed by atoms with Gasteiger partial charge in [-0.1, -0.05) is 13.0 Å². The van der Waals surface area contributed by atoms with Crippen LogP contribution in [0.4, 0.5) is 0 Å². The van der Waals surface area contributed by atoms with E-state index in [4.69, 9.17) is 0 Å². The fourth-order valence-corrected chi connectivity index (χ4v) is 4.94. The van der Waals surface area contributed by atoms with Gasteiger partial charge in [0.15, 0.2) is 11.6 Å². The van der Waals surface area contributed by atoms with Gasteiger partial charge in [0.1, 0.15) is 5.01 Å². The van der Waals surface area contributed by atoms with Crippen LogP contribution in [-0.2, 0) is 19.2 Å². The van der Waals surface area contributed by atoms with Crippen molar-refractivity contribution in [3.05, 3.63) is 40.7 Å². The third-order valence-electron chi connectivity index (χ3n) is 4.37. The number of thiazole rings is 1. The van der Waals surface area contributed by atoms with Crippen LogP contribution >= 0.6 is 23.1 Å². The van der Waals surface area contributed by atoms with E-state index in [-0.39, 0.29) is 5.78 Å². The summed E-state index contributed by atoms with van der Waals surface area (Å²) in [6.45, 7) is 2.14. The number of nitrogens with zero attached hydrogens (tertiary/aromatic N) is 5. The van der Waals surface area contributed by atoms with Crippen molar-refractivity contribution in [1.82, 2.24) is 25.2 Å². The summed E-state index contributed by atoms with van der Waals surface area (Å²) >= 11 is 3.23. The number of hydrogen-bond donors (Lipinski definition) is 0. The summed E-state index contributed by atoms with van der Waals surface area (Å²) < 4.78 is 1.66. The van der Waals surface area contributed by atoms with Crippen LogP contribution in [0.3, 0.4) is 0 Å². The summed E-state index contributed by atoms with van der Waals surface area (Å²) in [6.07, 6.45) is 3.33. The van der Waals surface area contributed by atoms with Crippen molar-refractivity contribution in [2.24, 2.45) is 13.0 Å². The average molecular weight is 371 g/mol. The number of thioether (sulfide) groups is 1. The first-order valence-electron chi connectivity index (χ1n) is 8.06. The summed E-state index contributed by atoms with van der Waals surface area (Å²) in [4.78, 5) is 18.2.